The first-order valence-electron chi connectivity index (χ1n) is 9.79. The van der Waals surface area contributed by atoms with E-state index in [0.29, 0.717) is 33.0 Å². The second-order valence-corrected chi connectivity index (χ2v) is 9.68. The van der Waals surface area contributed by atoms with E-state index in [1.807, 2.05) is 48.5 Å². The molecule has 1 aliphatic heterocycles. The Labute approximate surface area is 196 Å². The first kappa shape index (κ1) is 20.9. The molecule has 0 spiro atoms. The minimum absolute atomic E-state index is 0.0259. The molecule has 7 nitrogen and oxygen atoms in total. The lowest BCUT2D eigenvalue weighted by molar-refractivity contribution is -0.117. The maximum absolute atomic E-state index is 12.8. The van der Waals surface area contributed by atoms with E-state index in [9.17, 15) is 9.59 Å². The average Bonchev–Trinajstić information content (AvgIpc) is 3.51. The van der Waals surface area contributed by atoms with Crippen molar-refractivity contribution in [2.75, 3.05) is 23.9 Å². The number of amides is 2. The predicted molar refractivity (Wildman–Crippen MR) is 127 cm³/mol. The van der Waals surface area contributed by atoms with Crippen LogP contribution >= 0.6 is 34.3 Å². The summed E-state index contributed by atoms with van der Waals surface area (Å²) in [6.07, 6.45) is 0.344. The van der Waals surface area contributed by atoms with Crippen LogP contribution in [0, 0.1) is 0 Å². The average molecular weight is 485 g/mol. The van der Waals surface area contributed by atoms with Crippen LogP contribution in [0.3, 0.4) is 0 Å². The van der Waals surface area contributed by atoms with Crippen LogP contribution in [0.1, 0.15) is 27.0 Å². The number of rotatable bonds is 5. The number of aromatic nitrogens is 2. The summed E-state index contributed by atoms with van der Waals surface area (Å²) in [4.78, 5) is 27.5. The number of halogens is 1. The molecule has 3 heterocycles. The Morgan fingerprint density at radius 3 is 2.69 bits per heavy atom. The van der Waals surface area contributed by atoms with Crippen LogP contribution in [0.2, 0.25) is 5.02 Å². The summed E-state index contributed by atoms with van der Waals surface area (Å²) in [5, 5.41) is 13.5. The van der Waals surface area contributed by atoms with Gasteiger partial charge in [0.25, 0.3) is 5.91 Å². The van der Waals surface area contributed by atoms with E-state index >= 15 is 0 Å². The first-order valence-corrected chi connectivity index (χ1v) is 11.8. The molecule has 32 heavy (non-hydrogen) atoms. The Kier molecular flexibility index (Phi) is 5.54. The number of anilines is 2. The number of carbonyl (C=O) groups excluding carboxylic acids is 2. The molecule has 1 atom stereocenters. The third-order valence-electron chi connectivity index (χ3n) is 5.26. The number of hydrogen-bond acceptors (Lipinski definition) is 7. The highest BCUT2D eigenvalue weighted by Crippen LogP contribution is 2.37. The highest BCUT2D eigenvalue weighted by Gasteiger charge is 2.34. The highest BCUT2D eigenvalue weighted by molar-refractivity contribution is 7.22. The van der Waals surface area contributed by atoms with Gasteiger partial charge in [0.15, 0.2) is 0 Å². The third-order valence-corrected chi connectivity index (χ3v) is 7.94. The van der Waals surface area contributed by atoms with Gasteiger partial charge in [-0.15, -0.1) is 21.5 Å². The number of methoxy groups -OCH3 is 1. The maximum Gasteiger partial charge on any atom is 0.269 e. The Morgan fingerprint density at radius 2 is 1.94 bits per heavy atom. The molecule has 5 rings (SSSR count). The zero-order valence-electron chi connectivity index (χ0n) is 16.9. The van der Waals surface area contributed by atoms with Crippen molar-refractivity contribution in [3.8, 4) is 5.75 Å². The number of ether oxygens (including phenoxy) is 1. The molecular formula is C22H17ClN4O3S2. The lowest BCUT2D eigenvalue weighted by atomic mass is 10.1. The SMILES string of the molecule is COc1ccc(N2CC(c3nnc(NC(=O)c4sc5ccccc5c4Cl)s3)CC2=O)cc1. The number of carbonyl (C=O) groups is 2. The summed E-state index contributed by atoms with van der Waals surface area (Å²) in [5.41, 5.74) is 0.816. The molecule has 0 radical (unpaired) electrons. The molecule has 1 fully saturated rings. The van der Waals surface area contributed by atoms with Crippen LogP contribution in [0.15, 0.2) is 48.5 Å². The fourth-order valence-corrected chi connectivity index (χ4v) is 5.89. The minimum Gasteiger partial charge on any atom is -0.497 e. The molecule has 4 aromatic rings. The Hall–Kier alpha value is -3.01. The second kappa shape index (κ2) is 8.50. The largest absolute Gasteiger partial charge is 0.497 e. The molecule has 1 saturated heterocycles. The summed E-state index contributed by atoms with van der Waals surface area (Å²) in [6, 6.07) is 15.0. The standard InChI is InChI=1S/C22H17ClN4O3S2/c1-30-14-8-6-13(7-9-14)27-11-12(10-17(27)28)21-25-26-22(32-21)24-20(29)19-18(23)15-4-2-3-5-16(15)31-19/h2-9,12H,10-11H2,1H3,(H,24,26,29). The van der Waals surface area contributed by atoms with Gasteiger partial charge in [-0.05, 0) is 30.3 Å². The normalized spacial score (nSPS) is 16.0. The molecule has 2 aromatic heterocycles. The van der Waals surface area contributed by atoms with Crippen LogP contribution in [-0.4, -0.2) is 35.7 Å². The van der Waals surface area contributed by atoms with E-state index in [0.717, 1.165) is 21.5 Å². The van der Waals surface area contributed by atoms with Crippen molar-refractivity contribution in [2.45, 2.75) is 12.3 Å². The molecule has 0 bridgehead atoms. The Balaban J connectivity index is 1.29. The minimum atomic E-state index is -0.318. The van der Waals surface area contributed by atoms with E-state index < -0.39 is 0 Å². The Morgan fingerprint density at radius 1 is 1.16 bits per heavy atom. The van der Waals surface area contributed by atoms with Crippen molar-refractivity contribution in [1.82, 2.24) is 10.2 Å². The topological polar surface area (TPSA) is 84.4 Å². The molecular weight excluding hydrogens is 468 g/mol. The van der Waals surface area contributed by atoms with Crippen LogP contribution < -0.4 is 15.0 Å². The lowest BCUT2D eigenvalue weighted by Gasteiger charge is -2.16. The zero-order chi connectivity index (χ0) is 22.2. The van der Waals surface area contributed by atoms with Gasteiger partial charge in [0, 0.05) is 34.7 Å². The quantitative estimate of drug-likeness (QED) is 0.421. The number of thiophene rings is 1. The maximum atomic E-state index is 12.8. The van der Waals surface area contributed by atoms with Gasteiger partial charge in [0.1, 0.15) is 15.6 Å². The molecule has 10 heteroatoms. The fourth-order valence-electron chi connectivity index (χ4n) is 3.65. The summed E-state index contributed by atoms with van der Waals surface area (Å²) in [7, 11) is 1.60. The number of fused-ring (bicyclic) bond motifs is 1. The van der Waals surface area contributed by atoms with Gasteiger partial charge in [-0.3, -0.25) is 14.9 Å². The van der Waals surface area contributed by atoms with Crippen LogP contribution in [0.5, 0.6) is 5.75 Å². The molecule has 1 unspecified atom stereocenters. The van der Waals surface area contributed by atoms with Crippen molar-refractivity contribution >= 4 is 67.0 Å². The molecule has 2 aromatic carbocycles. The van der Waals surface area contributed by atoms with Crippen LogP contribution in [0.4, 0.5) is 10.8 Å². The third kappa shape index (κ3) is 3.83. The smallest absolute Gasteiger partial charge is 0.269 e. The van der Waals surface area contributed by atoms with Crippen molar-refractivity contribution < 1.29 is 14.3 Å². The van der Waals surface area contributed by atoms with Gasteiger partial charge in [-0.2, -0.15) is 0 Å². The van der Waals surface area contributed by atoms with Gasteiger partial charge >= 0.3 is 0 Å². The number of nitrogens with one attached hydrogen (secondary N) is 1. The van der Waals surface area contributed by atoms with Gasteiger partial charge in [0.05, 0.1) is 12.1 Å². The first-order chi connectivity index (χ1) is 15.5. The lowest BCUT2D eigenvalue weighted by Crippen LogP contribution is -2.24. The summed E-state index contributed by atoms with van der Waals surface area (Å²) >= 11 is 9.02. The van der Waals surface area contributed by atoms with Crippen molar-refractivity contribution in [3.05, 3.63) is 63.4 Å². The fraction of sp³-hybridized carbons (Fsp3) is 0.182. The van der Waals surface area contributed by atoms with E-state index in [1.165, 1.54) is 22.7 Å². The molecule has 0 aliphatic carbocycles. The van der Waals surface area contributed by atoms with Gasteiger partial charge < -0.3 is 9.64 Å². The van der Waals surface area contributed by atoms with Gasteiger partial charge in [-0.25, -0.2) is 0 Å². The van der Waals surface area contributed by atoms with Crippen LogP contribution in [0.25, 0.3) is 10.1 Å². The summed E-state index contributed by atoms with van der Waals surface area (Å²) < 4.78 is 6.13. The van der Waals surface area contributed by atoms with Crippen molar-refractivity contribution in [1.29, 1.82) is 0 Å². The zero-order valence-corrected chi connectivity index (χ0v) is 19.3. The van der Waals surface area contributed by atoms with Crippen molar-refractivity contribution in [2.24, 2.45) is 0 Å². The summed E-state index contributed by atoms with van der Waals surface area (Å²) in [6.45, 7) is 0.510. The van der Waals surface area contributed by atoms with E-state index in [4.69, 9.17) is 16.3 Å². The van der Waals surface area contributed by atoms with E-state index in [-0.39, 0.29) is 17.7 Å². The molecule has 162 valence electrons. The van der Waals surface area contributed by atoms with Gasteiger partial charge in [0.2, 0.25) is 11.0 Å². The van der Waals surface area contributed by atoms with Crippen molar-refractivity contribution in [3.63, 3.8) is 0 Å². The molecule has 1 N–H and O–H groups in total. The number of nitrogens with zero attached hydrogens (tertiary/aromatic N) is 3. The highest BCUT2D eigenvalue weighted by atomic mass is 35.5. The van der Waals surface area contributed by atoms with Crippen LogP contribution in [-0.2, 0) is 4.79 Å². The monoisotopic (exact) mass is 484 g/mol. The van der Waals surface area contributed by atoms with E-state index in [2.05, 4.69) is 15.5 Å². The number of hydrogen-bond donors (Lipinski definition) is 1. The Bertz CT molecular complexity index is 1320. The molecule has 2 amide bonds. The molecule has 1 aliphatic rings. The number of benzene rings is 2. The van der Waals surface area contributed by atoms with E-state index in [1.54, 1.807) is 12.0 Å². The van der Waals surface area contributed by atoms with Gasteiger partial charge in [-0.1, -0.05) is 41.1 Å². The molecule has 0 saturated carbocycles. The second-order valence-electron chi connectivity index (χ2n) is 7.24. The summed E-state index contributed by atoms with van der Waals surface area (Å²) in [5.74, 6) is 0.361. The predicted octanol–water partition coefficient (Wildman–Crippen LogP) is 5.19.